The van der Waals surface area contributed by atoms with Crippen LogP contribution in [0.1, 0.15) is 29.5 Å². The number of aromatic amines is 1. The molecule has 0 bridgehead atoms. The fourth-order valence-corrected chi connectivity index (χ4v) is 5.24. The van der Waals surface area contributed by atoms with Crippen LogP contribution in [0.5, 0.6) is 0 Å². The van der Waals surface area contributed by atoms with Gasteiger partial charge in [0.2, 0.25) is 5.95 Å². The summed E-state index contributed by atoms with van der Waals surface area (Å²) in [6, 6.07) is 4.27. The summed E-state index contributed by atoms with van der Waals surface area (Å²) in [5.41, 5.74) is 4.87. The summed E-state index contributed by atoms with van der Waals surface area (Å²) < 4.78 is 4.24. The number of hydrogen-bond donors (Lipinski definition) is 1. The molecule has 3 aromatic rings. The Bertz CT molecular complexity index is 1100. The highest BCUT2D eigenvalue weighted by molar-refractivity contribution is 7.97. The first-order chi connectivity index (χ1) is 14.0. The van der Waals surface area contributed by atoms with Crippen molar-refractivity contribution in [2.24, 2.45) is 0 Å². The maximum absolute atomic E-state index is 12.7. The predicted octanol–water partition coefficient (Wildman–Crippen LogP) is 2.97. The number of rotatable bonds is 4. The van der Waals surface area contributed by atoms with Crippen molar-refractivity contribution in [1.29, 1.82) is 0 Å². The number of aryl methyl sites for hydroxylation is 3. The molecule has 2 fully saturated rings. The number of piperazine rings is 1. The zero-order chi connectivity index (χ0) is 20.1. The highest BCUT2D eigenvalue weighted by Gasteiger charge is 2.28. The van der Waals surface area contributed by atoms with Crippen LogP contribution >= 0.6 is 11.9 Å². The van der Waals surface area contributed by atoms with Gasteiger partial charge in [0, 0.05) is 37.6 Å². The van der Waals surface area contributed by atoms with E-state index in [-0.39, 0.29) is 5.56 Å². The molecule has 1 aliphatic heterocycles. The molecule has 7 nitrogen and oxygen atoms in total. The van der Waals surface area contributed by atoms with E-state index in [0.29, 0.717) is 17.0 Å². The van der Waals surface area contributed by atoms with Crippen molar-refractivity contribution >= 4 is 28.9 Å². The van der Waals surface area contributed by atoms with E-state index in [4.69, 9.17) is 4.98 Å². The molecule has 1 N–H and O–H groups in total. The zero-order valence-electron chi connectivity index (χ0n) is 17.1. The second-order valence-corrected chi connectivity index (χ2v) is 9.56. The lowest BCUT2D eigenvalue weighted by molar-refractivity contribution is 0.426. The van der Waals surface area contributed by atoms with Crippen LogP contribution in [0.4, 0.5) is 5.95 Å². The number of aromatic nitrogens is 4. The van der Waals surface area contributed by atoms with Gasteiger partial charge in [0.25, 0.3) is 5.56 Å². The maximum Gasteiger partial charge on any atom is 0.263 e. The first-order valence-electron chi connectivity index (χ1n) is 10.2. The summed E-state index contributed by atoms with van der Waals surface area (Å²) in [6.45, 7) is 9.94. The van der Waals surface area contributed by atoms with E-state index < -0.39 is 0 Å². The Hall–Kier alpha value is -2.32. The Morgan fingerprint density at radius 2 is 1.76 bits per heavy atom. The molecule has 0 radical (unpaired) electrons. The standard InChI is InChI=1S/C21H26N6OS/c1-13-10-14(2)18(15(3)11-13)27-12-17-19(24-27)22-21(23-20(17)28)25-6-8-26(9-7-25)29-16-4-5-16/h10-12,16H,4-9H2,1-3H3,(H,22,23,24,28). The molecule has 2 aliphatic rings. The molecule has 5 rings (SSSR count). The molecule has 0 amide bonds. The van der Waals surface area contributed by atoms with Crippen molar-refractivity contribution in [3.8, 4) is 5.69 Å². The highest BCUT2D eigenvalue weighted by atomic mass is 32.2. The van der Waals surface area contributed by atoms with Gasteiger partial charge in [-0.25, -0.2) is 8.99 Å². The lowest BCUT2D eigenvalue weighted by Gasteiger charge is -2.34. The second kappa shape index (κ2) is 7.18. The van der Waals surface area contributed by atoms with Crippen LogP contribution < -0.4 is 10.5 Å². The van der Waals surface area contributed by atoms with Gasteiger partial charge in [-0.3, -0.25) is 9.78 Å². The minimum absolute atomic E-state index is 0.131. The van der Waals surface area contributed by atoms with Crippen LogP contribution in [0, 0.1) is 20.8 Å². The van der Waals surface area contributed by atoms with E-state index in [1.807, 2.05) is 11.9 Å². The van der Waals surface area contributed by atoms with Crippen molar-refractivity contribution in [1.82, 2.24) is 24.1 Å². The molecule has 1 aromatic carbocycles. The topological polar surface area (TPSA) is 70.1 Å². The summed E-state index contributed by atoms with van der Waals surface area (Å²) in [6.07, 6.45) is 4.48. The van der Waals surface area contributed by atoms with Crippen LogP contribution in [0.3, 0.4) is 0 Å². The van der Waals surface area contributed by atoms with E-state index in [1.165, 1.54) is 18.4 Å². The molecule has 152 valence electrons. The Morgan fingerprint density at radius 1 is 1.07 bits per heavy atom. The Balaban J connectivity index is 1.44. The predicted molar refractivity (Wildman–Crippen MR) is 118 cm³/mol. The number of nitrogens with zero attached hydrogens (tertiary/aromatic N) is 5. The van der Waals surface area contributed by atoms with E-state index in [2.05, 4.69) is 52.2 Å². The van der Waals surface area contributed by atoms with Gasteiger partial charge >= 0.3 is 0 Å². The smallest absolute Gasteiger partial charge is 0.263 e. The molecule has 3 heterocycles. The van der Waals surface area contributed by atoms with E-state index in [0.717, 1.165) is 48.2 Å². The van der Waals surface area contributed by atoms with Crippen molar-refractivity contribution in [3.63, 3.8) is 0 Å². The first-order valence-corrected chi connectivity index (χ1v) is 11.1. The summed E-state index contributed by atoms with van der Waals surface area (Å²) in [5, 5.41) is 6.01. The van der Waals surface area contributed by atoms with Crippen molar-refractivity contribution in [2.45, 2.75) is 38.9 Å². The summed E-state index contributed by atoms with van der Waals surface area (Å²) in [4.78, 5) is 22.6. The van der Waals surface area contributed by atoms with E-state index in [9.17, 15) is 4.79 Å². The number of anilines is 1. The second-order valence-electron chi connectivity index (χ2n) is 8.17. The minimum Gasteiger partial charge on any atom is -0.340 e. The van der Waals surface area contributed by atoms with Crippen LogP contribution in [0.15, 0.2) is 23.1 Å². The molecule has 0 atom stereocenters. The normalized spacial score (nSPS) is 18.0. The fourth-order valence-electron chi connectivity index (χ4n) is 4.09. The third-order valence-corrected chi connectivity index (χ3v) is 7.03. The summed E-state index contributed by atoms with van der Waals surface area (Å²) >= 11 is 1.99. The molecular weight excluding hydrogens is 384 g/mol. The van der Waals surface area contributed by atoms with Crippen LogP contribution in [-0.2, 0) is 0 Å². The number of fused-ring (bicyclic) bond motifs is 1. The van der Waals surface area contributed by atoms with E-state index >= 15 is 0 Å². The van der Waals surface area contributed by atoms with Gasteiger partial charge in [-0.05, 0) is 44.7 Å². The number of nitrogens with one attached hydrogen (secondary N) is 1. The summed E-state index contributed by atoms with van der Waals surface area (Å²) in [5.74, 6) is 0.626. The van der Waals surface area contributed by atoms with Crippen molar-refractivity contribution < 1.29 is 0 Å². The quantitative estimate of drug-likeness (QED) is 0.667. The third-order valence-electron chi connectivity index (χ3n) is 5.60. The lowest BCUT2D eigenvalue weighted by Crippen LogP contribution is -2.44. The van der Waals surface area contributed by atoms with Gasteiger partial charge < -0.3 is 4.90 Å². The Morgan fingerprint density at radius 3 is 2.41 bits per heavy atom. The third kappa shape index (κ3) is 3.67. The van der Waals surface area contributed by atoms with Gasteiger partial charge in [-0.2, -0.15) is 4.98 Å². The SMILES string of the molecule is Cc1cc(C)c(-n2cc3c(=O)[nH]c(N4CCN(SC5CC5)CC4)nc3n2)c(C)c1. The molecular formula is C21H26N6OS. The number of benzene rings is 1. The van der Waals surface area contributed by atoms with Crippen molar-refractivity contribution in [3.05, 3.63) is 45.4 Å². The van der Waals surface area contributed by atoms with Crippen LogP contribution in [0.25, 0.3) is 16.7 Å². The molecule has 1 aliphatic carbocycles. The Labute approximate surface area is 174 Å². The van der Waals surface area contributed by atoms with Gasteiger partial charge in [0.1, 0.15) is 5.39 Å². The largest absolute Gasteiger partial charge is 0.340 e. The highest BCUT2D eigenvalue weighted by Crippen LogP contribution is 2.36. The van der Waals surface area contributed by atoms with Gasteiger partial charge in [-0.15, -0.1) is 5.10 Å². The summed E-state index contributed by atoms with van der Waals surface area (Å²) in [7, 11) is 0. The van der Waals surface area contributed by atoms with Crippen LogP contribution in [-0.4, -0.2) is 55.5 Å². The Kier molecular flexibility index (Phi) is 4.63. The molecule has 1 saturated carbocycles. The van der Waals surface area contributed by atoms with E-state index in [1.54, 1.807) is 10.9 Å². The van der Waals surface area contributed by atoms with Gasteiger partial charge in [-0.1, -0.05) is 29.6 Å². The monoisotopic (exact) mass is 410 g/mol. The van der Waals surface area contributed by atoms with Crippen LogP contribution in [0.2, 0.25) is 0 Å². The van der Waals surface area contributed by atoms with Crippen molar-refractivity contribution in [2.75, 3.05) is 31.1 Å². The average Bonchev–Trinajstić information content (AvgIpc) is 3.38. The minimum atomic E-state index is -0.131. The molecule has 0 unspecified atom stereocenters. The zero-order valence-corrected chi connectivity index (χ0v) is 17.9. The average molecular weight is 411 g/mol. The molecule has 8 heteroatoms. The molecule has 29 heavy (non-hydrogen) atoms. The van der Waals surface area contributed by atoms with Gasteiger partial charge in [0.05, 0.1) is 5.69 Å². The molecule has 2 aromatic heterocycles. The maximum atomic E-state index is 12.7. The lowest BCUT2D eigenvalue weighted by atomic mass is 10.1. The van der Waals surface area contributed by atoms with Gasteiger partial charge in [0.15, 0.2) is 5.65 Å². The number of H-pyrrole nitrogens is 1. The fraction of sp³-hybridized carbons (Fsp3) is 0.476. The first kappa shape index (κ1) is 18.7. The molecule has 1 saturated heterocycles. The molecule has 0 spiro atoms. The number of hydrogen-bond acceptors (Lipinski definition) is 6.